The van der Waals surface area contributed by atoms with E-state index in [1.807, 2.05) is 0 Å². The third kappa shape index (κ3) is 3.15. The molecule has 0 aliphatic carbocycles. The number of hydrogen-bond acceptors (Lipinski definition) is 6. The molecule has 0 saturated carbocycles. The first-order chi connectivity index (χ1) is 9.06. The smallest absolute Gasteiger partial charge is 0.340 e. The summed E-state index contributed by atoms with van der Waals surface area (Å²) in [5.74, 6) is 0.681. The van der Waals surface area contributed by atoms with Gasteiger partial charge in [0.15, 0.2) is 0 Å². The highest BCUT2D eigenvalue weighted by Crippen LogP contribution is 2.22. The topological polar surface area (TPSA) is 130 Å². The summed E-state index contributed by atoms with van der Waals surface area (Å²) >= 11 is 0. The minimum absolute atomic E-state index is 0.0736. The Morgan fingerprint density at radius 1 is 1.53 bits per heavy atom. The molecule has 2 aromatic rings. The highest BCUT2D eigenvalue weighted by atomic mass is 16.6. The first-order valence-corrected chi connectivity index (χ1v) is 5.55. The number of anilines is 1. The number of rotatable bonds is 5. The van der Waals surface area contributed by atoms with Crippen LogP contribution in [0.3, 0.4) is 0 Å². The lowest BCUT2D eigenvalue weighted by Crippen LogP contribution is -2.10. The molecule has 2 rings (SSSR count). The van der Waals surface area contributed by atoms with Crippen LogP contribution < -0.4 is 11.0 Å². The van der Waals surface area contributed by atoms with Crippen LogP contribution >= 0.6 is 0 Å². The minimum Gasteiger partial charge on any atom is -0.364 e. The number of H-pyrrole nitrogens is 2. The number of aromatic amines is 2. The van der Waals surface area contributed by atoms with Crippen molar-refractivity contribution >= 4 is 11.5 Å². The van der Waals surface area contributed by atoms with Gasteiger partial charge < -0.3 is 5.32 Å². The third-order valence-corrected chi connectivity index (χ3v) is 2.41. The van der Waals surface area contributed by atoms with Crippen LogP contribution in [0, 0.1) is 17.0 Å². The van der Waals surface area contributed by atoms with Gasteiger partial charge in [0, 0.05) is 25.2 Å². The van der Waals surface area contributed by atoms with Crippen LogP contribution in [-0.2, 0) is 6.42 Å². The molecule has 0 spiro atoms. The Bertz CT molecular complexity index is 647. The lowest BCUT2D eigenvalue weighted by Gasteiger charge is -2.05. The van der Waals surface area contributed by atoms with Crippen molar-refractivity contribution in [3.63, 3.8) is 0 Å². The molecule has 0 fully saturated rings. The molecule has 9 heteroatoms. The number of aromatic nitrogens is 4. The summed E-state index contributed by atoms with van der Waals surface area (Å²) in [6.07, 6.45) is 1.97. The van der Waals surface area contributed by atoms with Crippen molar-refractivity contribution in [2.75, 3.05) is 11.9 Å². The zero-order valence-corrected chi connectivity index (χ0v) is 10.1. The van der Waals surface area contributed by atoms with Gasteiger partial charge in [-0.15, -0.1) is 0 Å². The second-order valence-corrected chi connectivity index (χ2v) is 3.94. The first-order valence-electron chi connectivity index (χ1n) is 5.55. The number of pyridine rings is 1. The summed E-state index contributed by atoms with van der Waals surface area (Å²) < 4.78 is 0. The van der Waals surface area contributed by atoms with Crippen LogP contribution in [0.5, 0.6) is 0 Å². The summed E-state index contributed by atoms with van der Waals surface area (Å²) in [7, 11) is 0. The van der Waals surface area contributed by atoms with Gasteiger partial charge in [0.1, 0.15) is 5.82 Å². The molecule has 100 valence electrons. The summed E-state index contributed by atoms with van der Waals surface area (Å²) in [5.41, 5.74) is 0.263. The predicted molar refractivity (Wildman–Crippen MR) is 67.0 cm³/mol. The van der Waals surface area contributed by atoms with E-state index < -0.39 is 4.92 Å². The van der Waals surface area contributed by atoms with Gasteiger partial charge in [0.2, 0.25) is 5.82 Å². The molecule has 3 N–H and O–H groups in total. The number of hydrogen-bond donors (Lipinski definition) is 3. The molecule has 9 nitrogen and oxygen atoms in total. The predicted octanol–water partition coefficient (Wildman–Crippen LogP) is 0.364. The van der Waals surface area contributed by atoms with Crippen LogP contribution in [0.1, 0.15) is 11.4 Å². The van der Waals surface area contributed by atoms with E-state index >= 15 is 0 Å². The van der Waals surface area contributed by atoms with Gasteiger partial charge in [-0.05, 0) is 12.5 Å². The minimum atomic E-state index is -0.487. The Morgan fingerprint density at radius 2 is 2.32 bits per heavy atom. The lowest BCUT2D eigenvalue weighted by molar-refractivity contribution is -0.384. The van der Waals surface area contributed by atoms with Crippen molar-refractivity contribution in [1.29, 1.82) is 0 Å². The van der Waals surface area contributed by atoms with Crippen LogP contribution in [0.25, 0.3) is 0 Å². The van der Waals surface area contributed by atoms with E-state index in [1.54, 1.807) is 13.1 Å². The van der Waals surface area contributed by atoms with E-state index in [9.17, 15) is 14.9 Å². The Labute approximate surface area is 107 Å². The van der Waals surface area contributed by atoms with Gasteiger partial charge in [-0.2, -0.15) is 5.10 Å². The van der Waals surface area contributed by atoms with Crippen LogP contribution in [0.15, 0.2) is 17.1 Å². The Balaban J connectivity index is 2.03. The molecule has 19 heavy (non-hydrogen) atoms. The fraction of sp³-hybridized carbons (Fsp3) is 0.300. The molecule has 0 aliphatic heterocycles. The van der Waals surface area contributed by atoms with Crippen LogP contribution in [0.2, 0.25) is 0 Å². The van der Waals surface area contributed by atoms with Gasteiger partial charge in [-0.1, -0.05) is 0 Å². The number of nitro groups is 1. The highest BCUT2D eigenvalue weighted by Gasteiger charge is 2.14. The summed E-state index contributed by atoms with van der Waals surface area (Å²) in [5, 5.41) is 19.7. The Kier molecular flexibility index (Phi) is 3.55. The molecule has 0 atom stereocenters. The molecule has 0 aromatic carbocycles. The monoisotopic (exact) mass is 264 g/mol. The number of nitrogens with one attached hydrogen (secondary N) is 3. The van der Waals surface area contributed by atoms with Crippen molar-refractivity contribution < 1.29 is 4.92 Å². The largest absolute Gasteiger partial charge is 0.364 e. The van der Waals surface area contributed by atoms with Crippen molar-refractivity contribution in [3.8, 4) is 0 Å². The molecule has 0 saturated heterocycles. The zero-order chi connectivity index (χ0) is 13.8. The quantitative estimate of drug-likeness (QED) is 0.528. The van der Waals surface area contributed by atoms with E-state index in [1.165, 1.54) is 6.07 Å². The summed E-state index contributed by atoms with van der Waals surface area (Å²) in [6.45, 7) is 2.11. The second kappa shape index (κ2) is 5.29. The van der Waals surface area contributed by atoms with E-state index in [-0.39, 0.29) is 17.2 Å². The summed E-state index contributed by atoms with van der Waals surface area (Å²) in [6, 6.07) is 1.45. The molecule has 0 unspecified atom stereocenters. The zero-order valence-electron chi connectivity index (χ0n) is 10.1. The second-order valence-electron chi connectivity index (χ2n) is 3.94. The average molecular weight is 264 g/mol. The molecule has 0 radical (unpaired) electrons. The number of nitrogens with zero attached hydrogens (tertiary/aromatic N) is 3. The normalized spacial score (nSPS) is 10.4. The maximum atomic E-state index is 10.9. The van der Waals surface area contributed by atoms with Crippen molar-refractivity contribution in [2.24, 2.45) is 0 Å². The highest BCUT2D eigenvalue weighted by molar-refractivity contribution is 5.56. The Hall–Kier alpha value is -2.71. The maximum absolute atomic E-state index is 10.9. The van der Waals surface area contributed by atoms with Gasteiger partial charge in [0.05, 0.1) is 4.92 Å². The van der Waals surface area contributed by atoms with E-state index in [4.69, 9.17) is 0 Å². The Morgan fingerprint density at radius 3 is 2.95 bits per heavy atom. The summed E-state index contributed by atoms with van der Waals surface area (Å²) in [4.78, 5) is 27.7. The van der Waals surface area contributed by atoms with Crippen LogP contribution in [-0.4, -0.2) is 31.6 Å². The van der Waals surface area contributed by atoms with Gasteiger partial charge in [-0.25, -0.2) is 14.9 Å². The number of aryl methyl sites for hydroxylation is 1. The first kappa shape index (κ1) is 12.7. The molecule has 2 heterocycles. The van der Waals surface area contributed by atoms with E-state index in [0.29, 0.717) is 24.4 Å². The van der Waals surface area contributed by atoms with Crippen molar-refractivity contribution in [2.45, 2.75) is 13.3 Å². The van der Waals surface area contributed by atoms with E-state index in [0.717, 1.165) is 0 Å². The van der Waals surface area contributed by atoms with Gasteiger partial charge in [0.25, 0.3) is 0 Å². The fourth-order valence-electron chi connectivity index (χ4n) is 1.55. The van der Waals surface area contributed by atoms with Gasteiger partial charge >= 0.3 is 11.4 Å². The molecule has 0 amide bonds. The average Bonchev–Trinajstić information content (AvgIpc) is 2.77. The fourth-order valence-corrected chi connectivity index (χ4v) is 1.55. The third-order valence-electron chi connectivity index (χ3n) is 2.41. The molecule has 0 aliphatic rings. The molecule has 2 aromatic heterocycles. The van der Waals surface area contributed by atoms with E-state index in [2.05, 4.69) is 25.5 Å². The SMILES string of the molecule is Cc1cnc(NCCc2n[nH]c(=O)[nH]2)c([N+](=O)[O-])c1. The van der Waals surface area contributed by atoms with Crippen LogP contribution in [0.4, 0.5) is 11.5 Å². The standard InChI is InChI=1S/C10H12N6O3/c1-6-4-7(16(18)19)9(12-5-6)11-3-2-8-13-10(17)15-14-8/h4-5H,2-3H2,1H3,(H,11,12)(H2,13,14,15,17). The van der Waals surface area contributed by atoms with Crippen molar-refractivity contribution in [3.05, 3.63) is 44.2 Å². The van der Waals surface area contributed by atoms with Crippen molar-refractivity contribution in [1.82, 2.24) is 20.2 Å². The molecular weight excluding hydrogens is 252 g/mol. The molecular formula is C10H12N6O3. The van der Waals surface area contributed by atoms with Gasteiger partial charge in [-0.3, -0.25) is 15.1 Å². The maximum Gasteiger partial charge on any atom is 0.340 e. The lowest BCUT2D eigenvalue weighted by atomic mass is 10.3. The molecule has 0 bridgehead atoms.